The zero-order chi connectivity index (χ0) is 13.0. The highest BCUT2D eigenvalue weighted by Crippen LogP contribution is 2.28. The Morgan fingerprint density at radius 1 is 1.28 bits per heavy atom. The second-order valence-corrected chi connectivity index (χ2v) is 6.09. The van der Waals surface area contributed by atoms with Gasteiger partial charge in [0, 0.05) is 15.7 Å². The maximum absolute atomic E-state index is 11.8. The molecule has 1 aliphatic rings. The van der Waals surface area contributed by atoms with Gasteiger partial charge in [0.15, 0.2) is 0 Å². The van der Waals surface area contributed by atoms with Crippen molar-refractivity contribution in [3.8, 4) is 0 Å². The smallest absolute Gasteiger partial charge is 0.238 e. The van der Waals surface area contributed by atoms with Crippen LogP contribution in [-0.2, 0) is 4.79 Å². The first-order valence-electron chi connectivity index (χ1n) is 6.38. The minimum Gasteiger partial charge on any atom is -0.325 e. The number of halogens is 1. The fourth-order valence-corrected chi connectivity index (χ4v) is 2.63. The van der Waals surface area contributed by atoms with Crippen molar-refractivity contribution in [2.75, 3.05) is 11.9 Å². The van der Waals surface area contributed by atoms with E-state index >= 15 is 0 Å². The van der Waals surface area contributed by atoms with E-state index in [0.717, 1.165) is 10.2 Å². The molecule has 98 valence electrons. The van der Waals surface area contributed by atoms with Crippen LogP contribution in [0.4, 0.5) is 5.69 Å². The molecule has 0 aromatic heterocycles. The summed E-state index contributed by atoms with van der Waals surface area (Å²) in [6, 6.07) is 7.61. The third-order valence-electron chi connectivity index (χ3n) is 3.51. The molecule has 0 bridgehead atoms. The fourth-order valence-electron chi connectivity index (χ4n) is 2.36. The number of carbonyl (C=O) groups excluding carboxylic acids is 1. The second-order valence-electron chi connectivity index (χ2n) is 5.18. The molecule has 1 aromatic rings. The molecular weight excluding hydrogens is 292 g/mol. The lowest BCUT2D eigenvalue weighted by molar-refractivity contribution is -0.115. The molecular formula is C14H19BrN2O. The van der Waals surface area contributed by atoms with E-state index in [1.54, 1.807) is 0 Å². The highest BCUT2D eigenvalue weighted by molar-refractivity contribution is 9.10. The Kier molecular flexibility index (Phi) is 4.40. The molecule has 1 amide bonds. The van der Waals surface area contributed by atoms with Crippen LogP contribution in [0.3, 0.4) is 0 Å². The SMILES string of the molecule is CC1(NCC(=O)Nc2ccc(Br)cc2)CCCC1. The van der Waals surface area contributed by atoms with Gasteiger partial charge in [0.25, 0.3) is 0 Å². The predicted octanol–water partition coefficient (Wildman–Crippen LogP) is 3.31. The highest BCUT2D eigenvalue weighted by Gasteiger charge is 2.28. The lowest BCUT2D eigenvalue weighted by atomic mass is 10.0. The Hall–Kier alpha value is -0.870. The van der Waals surface area contributed by atoms with Gasteiger partial charge < -0.3 is 10.6 Å². The Bertz CT molecular complexity index is 410. The molecule has 18 heavy (non-hydrogen) atoms. The molecule has 2 rings (SSSR count). The Morgan fingerprint density at radius 2 is 1.89 bits per heavy atom. The Morgan fingerprint density at radius 3 is 2.50 bits per heavy atom. The van der Waals surface area contributed by atoms with Crippen molar-refractivity contribution in [1.29, 1.82) is 0 Å². The van der Waals surface area contributed by atoms with Crippen LogP contribution in [0.25, 0.3) is 0 Å². The number of nitrogens with one attached hydrogen (secondary N) is 2. The first-order valence-corrected chi connectivity index (χ1v) is 7.17. The van der Waals surface area contributed by atoms with Crippen molar-refractivity contribution in [3.05, 3.63) is 28.7 Å². The third kappa shape index (κ3) is 3.82. The van der Waals surface area contributed by atoms with Crippen molar-refractivity contribution in [1.82, 2.24) is 5.32 Å². The summed E-state index contributed by atoms with van der Waals surface area (Å²) < 4.78 is 1.01. The molecule has 0 unspecified atom stereocenters. The molecule has 0 heterocycles. The van der Waals surface area contributed by atoms with Gasteiger partial charge in [0.1, 0.15) is 0 Å². The lowest BCUT2D eigenvalue weighted by Crippen LogP contribution is -2.43. The molecule has 3 nitrogen and oxygen atoms in total. The monoisotopic (exact) mass is 310 g/mol. The van der Waals surface area contributed by atoms with Gasteiger partial charge in [-0.05, 0) is 44.0 Å². The third-order valence-corrected chi connectivity index (χ3v) is 4.04. The number of anilines is 1. The predicted molar refractivity (Wildman–Crippen MR) is 77.6 cm³/mol. The standard InChI is InChI=1S/C14H19BrN2O/c1-14(8-2-3-9-14)16-10-13(18)17-12-6-4-11(15)5-7-12/h4-7,16H,2-3,8-10H2,1H3,(H,17,18). The summed E-state index contributed by atoms with van der Waals surface area (Å²) in [4.78, 5) is 11.8. The Balaban J connectivity index is 1.80. The second kappa shape index (κ2) is 5.85. The van der Waals surface area contributed by atoms with E-state index in [4.69, 9.17) is 0 Å². The van der Waals surface area contributed by atoms with Crippen molar-refractivity contribution < 1.29 is 4.79 Å². The van der Waals surface area contributed by atoms with Gasteiger partial charge in [-0.3, -0.25) is 4.79 Å². The fraction of sp³-hybridized carbons (Fsp3) is 0.500. The molecule has 1 aromatic carbocycles. The number of hydrogen-bond acceptors (Lipinski definition) is 2. The van der Waals surface area contributed by atoms with Crippen LogP contribution in [-0.4, -0.2) is 18.0 Å². The molecule has 0 atom stereocenters. The molecule has 0 saturated heterocycles. The summed E-state index contributed by atoms with van der Waals surface area (Å²) in [7, 11) is 0. The van der Waals surface area contributed by atoms with Gasteiger partial charge in [-0.15, -0.1) is 0 Å². The number of hydrogen-bond donors (Lipinski definition) is 2. The first-order chi connectivity index (χ1) is 8.57. The van der Waals surface area contributed by atoms with Gasteiger partial charge in [-0.25, -0.2) is 0 Å². The van der Waals surface area contributed by atoms with Gasteiger partial charge in [-0.2, -0.15) is 0 Å². The molecule has 1 aliphatic carbocycles. The summed E-state index contributed by atoms with van der Waals surface area (Å²) in [5.41, 5.74) is 0.985. The van der Waals surface area contributed by atoms with Crippen molar-refractivity contribution in [2.45, 2.75) is 38.1 Å². The Labute approximate surface area is 116 Å². The van der Waals surface area contributed by atoms with Crippen LogP contribution in [0.15, 0.2) is 28.7 Å². The molecule has 1 saturated carbocycles. The van der Waals surface area contributed by atoms with E-state index in [2.05, 4.69) is 33.5 Å². The maximum Gasteiger partial charge on any atom is 0.238 e. The molecule has 1 fully saturated rings. The van der Waals surface area contributed by atoms with E-state index in [9.17, 15) is 4.79 Å². The van der Waals surface area contributed by atoms with Gasteiger partial charge in [0.2, 0.25) is 5.91 Å². The number of amides is 1. The maximum atomic E-state index is 11.8. The van der Waals surface area contributed by atoms with Crippen LogP contribution in [0, 0.1) is 0 Å². The normalized spacial score (nSPS) is 17.7. The van der Waals surface area contributed by atoms with Crippen LogP contribution in [0.2, 0.25) is 0 Å². The summed E-state index contributed by atoms with van der Waals surface area (Å²) in [5.74, 6) is 0.0189. The topological polar surface area (TPSA) is 41.1 Å². The zero-order valence-electron chi connectivity index (χ0n) is 10.6. The van der Waals surface area contributed by atoms with Gasteiger partial charge >= 0.3 is 0 Å². The van der Waals surface area contributed by atoms with Crippen molar-refractivity contribution in [3.63, 3.8) is 0 Å². The summed E-state index contributed by atoms with van der Waals surface area (Å²) >= 11 is 3.37. The minimum absolute atomic E-state index is 0.0189. The van der Waals surface area contributed by atoms with Crippen LogP contribution < -0.4 is 10.6 Å². The van der Waals surface area contributed by atoms with Crippen LogP contribution >= 0.6 is 15.9 Å². The molecule has 4 heteroatoms. The van der Waals surface area contributed by atoms with Crippen molar-refractivity contribution in [2.24, 2.45) is 0 Å². The van der Waals surface area contributed by atoms with Crippen LogP contribution in [0.5, 0.6) is 0 Å². The summed E-state index contributed by atoms with van der Waals surface area (Å²) in [6.07, 6.45) is 4.85. The van der Waals surface area contributed by atoms with E-state index in [0.29, 0.717) is 6.54 Å². The number of rotatable bonds is 4. The van der Waals surface area contributed by atoms with E-state index in [1.165, 1.54) is 25.7 Å². The van der Waals surface area contributed by atoms with E-state index in [1.807, 2.05) is 24.3 Å². The average molecular weight is 311 g/mol. The quantitative estimate of drug-likeness (QED) is 0.896. The lowest BCUT2D eigenvalue weighted by Gasteiger charge is -2.24. The zero-order valence-corrected chi connectivity index (χ0v) is 12.2. The van der Waals surface area contributed by atoms with Crippen LogP contribution in [0.1, 0.15) is 32.6 Å². The summed E-state index contributed by atoms with van der Waals surface area (Å²) in [5, 5.41) is 6.26. The largest absolute Gasteiger partial charge is 0.325 e. The number of benzene rings is 1. The van der Waals surface area contributed by atoms with Gasteiger partial charge in [-0.1, -0.05) is 28.8 Å². The minimum atomic E-state index is 0.0189. The number of carbonyl (C=O) groups is 1. The average Bonchev–Trinajstić information content (AvgIpc) is 2.78. The molecule has 0 radical (unpaired) electrons. The van der Waals surface area contributed by atoms with Crippen molar-refractivity contribution >= 4 is 27.5 Å². The van der Waals surface area contributed by atoms with E-state index < -0.39 is 0 Å². The molecule has 0 aliphatic heterocycles. The first kappa shape index (κ1) is 13.6. The molecule has 0 spiro atoms. The highest BCUT2D eigenvalue weighted by atomic mass is 79.9. The summed E-state index contributed by atoms with van der Waals surface area (Å²) in [6.45, 7) is 2.58. The van der Waals surface area contributed by atoms with Gasteiger partial charge in [0.05, 0.1) is 6.54 Å². The van der Waals surface area contributed by atoms with E-state index in [-0.39, 0.29) is 11.4 Å². The molecule has 2 N–H and O–H groups in total.